The molecular formula is C25H19F3O5. The number of carbonyl (C=O) groups excluding carboxylic acids is 2. The first kappa shape index (κ1) is 23.6. The predicted octanol–water partition coefficient (Wildman–Crippen LogP) is 6.60. The van der Waals surface area contributed by atoms with E-state index in [-0.39, 0.29) is 34.0 Å². The van der Waals surface area contributed by atoms with E-state index < -0.39 is 23.7 Å². The lowest BCUT2D eigenvalue weighted by Crippen LogP contribution is -2.11. The van der Waals surface area contributed by atoms with Gasteiger partial charge in [-0.2, -0.15) is 13.2 Å². The van der Waals surface area contributed by atoms with Gasteiger partial charge in [0, 0.05) is 22.3 Å². The average molecular weight is 456 g/mol. The van der Waals surface area contributed by atoms with Gasteiger partial charge in [-0.3, -0.25) is 0 Å². The molecular weight excluding hydrogens is 437 g/mol. The predicted molar refractivity (Wildman–Crippen MR) is 115 cm³/mol. The van der Waals surface area contributed by atoms with Gasteiger partial charge in [-0.15, -0.1) is 0 Å². The normalized spacial score (nSPS) is 11.1. The lowest BCUT2D eigenvalue weighted by atomic mass is 10.0. The fourth-order valence-corrected chi connectivity index (χ4v) is 2.75. The minimum Gasteiger partial charge on any atom is -0.456 e. The Labute approximate surface area is 187 Å². The summed E-state index contributed by atoms with van der Waals surface area (Å²) >= 11 is 0. The van der Waals surface area contributed by atoms with Crippen LogP contribution in [0.15, 0.2) is 83.3 Å². The molecule has 2 aromatic carbocycles. The van der Waals surface area contributed by atoms with Gasteiger partial charge < -0.3 is 13.9 Å². The molecule has 0 saturated carbocycles. The van der Waals surface area contributed by atoms with Crippen LogP contribution in [-0.4, -0.2) is 11.9 Å². The minimum atomic E-state index is -4.72. The Morgan fingerprint density at radius 3 is 1.85 bits per heavy atom. The number of hydrogen-bond acceptors (Lipinski definition) is 5. The highest BCUT2D eigenvalue weighted by Gasteiger charge is 2.35. The Morgan fingerprint density at radius 2 is 1.30 bits per heavy atom. The summed E-state index contributed by atoms with van der Waals surface area (Å²) in [7, 11) is 0. The highest BCUT2D eigenvalue weighted by Crippen LogP contribution is 2.40. The van der Waals surface area contributed by atoms with Gasteiger partial charge in [0.1, 0.15) is 23.0 Å². The summed E-state index contributed by atoms with van der Waals surface area (Å²) < 4.78 is 56.8. The molecule has 3 aromatic rings. The van der Waals surface area contributed by atoms with E-state index in [0.29, 0.717) is 11.3 Å². The molecule has 0 saturated heterocycles. The van der Waals surface area contributed by atoms with Gasteiger partial charge in [-0.05, 0) is 68.4 Å². The zero-order valence-corrected chi connectivity index (χ0v) is 17.8. The molecule has 1 heterocycles. The van der Waals surface area contributed by atoms with Crippen LogP contribution in [0.1, 0.15) is 19.4 Å². The number of furan rings is 1. The largest absolute Gasteiger partial charge is 0.456 e. The van der Waals surface area contributed by atoms with Gasteiger partial charge in [0.05, 0.1) is 5.56 Å². The fraction of sp³-hybridized carbons (Fsp3) is 0.120. The number of hydrogen-bond donors (Lipinski definition) is 0. The Morgan fingerprint density at radius 1 is 0.788 bits per heavy atom. The molecule has 0 fully saturated rings. The van der Waals surface area contributed by atoms with Gasteiger partial charge in [0.25, 0.3) is 0 Å². The van der Waals surface area contributed by atoms with Crippen LogP contribution in [0.2, 0.25) is 0 Å². The third-order valence-electron chi connectivity index (χ3n) is 4.42. The van der Waals surface area contributed by atoms with E-state index in [1.54, 1.807) is 12.1 Å². The van der Waals surface area contributed by atoms with E-state index in [1.165, 1.54) is 50.2 Å². The third kappa shape index (κ3) is 5.60. The van der Waals surface area contributed by atoms with Crippen LogP contribution in [0.5, 0.6) is 11.5 Å². The SMILES string of the molecule is C=C(C)C(=O)Oc1ccc(-c2ccc(-c3ccc(OC(=O)C(=C)C)cc3C(F)(F)F)o2)cc1. The second kappa shape index (κ2) is 9.20. The summed E-state index contributed by atoms with van der Waals surface area (Å²) in [5.74, 6) is -1.07. The molecule has 33 heavy (non-hydrogen) atoms. The summed E-state index contributed by atoms with van der Waals surface area (Å²) in [4.78, 5) is 23.2. The summed E-state index contributed by atoms with van der Waals surface area (Å²) in [6.45, 7) is 9.82. The first-order chi connectivity index (χ1) is 15.5. The van der Waals surface area contributed by atoms with Crippen molar-refractivity contribution in [3.63, 3.8) is 0 Å². The van der Waals surface area contributed by atoms with Gasteiger partial charge in [-0.1, -0.05) is 13.2 Å². The van der Waals surface area contributed by atoms with E-state index in [4.69, 9.17) is 13.9 Å². The van der Waals surface area contributed by atoms with Crippen LogP contribution < -0.4 is 9.47 Å². The summed E-state index contributed by atoms with van der Waals surface area (Å²) in [5, 5.41) is 0. The van der Waals surface area contributed by atoms with Crippen molar-refractivity contribution in [1.82, 2.24) is 0 Å². The van der Waals surface area contributed by atoms with Gasteiger partial charge in [0.2, 0.25) is 0 Å². The number of alkyl halides is 3. The van der Waals surface area contributed by atoms with Crippen molar-refractivity contribution < 1.29 is 36.7 Å². The van der Waals surface area contributed by atoms with Gasteiger partial charge in [-0.25, -0.2) is 9.59 Å². The quantitative estimate of drug-likeness (QED) is 0.238. The van der Waals surface area contributed by atoms with E-state index in [0.717, 1.165) is 6.07 Å². The van der Waals surface area contributed by atoms with E-state index >= 15 is 0 Å². The summed E-state index contributed by atoms with van der Waals surface area (Å²) in [6.07, 6.45) is -4.72. The fourth-order valence-electron chi connectivity index (χ4n) is 2.75. The smallest absolute Gasteiger partial charge is 0.417 e. The third-order valence-corrected chi connectivity index (χ3v) is 4.42. The van der Waals surface area contributed by atoms with E-state index in [2.05, 4.69) is 13.2 Å². The lowest BCUT2D eigenvalue weighted by Gasteiger charge is -2.13. The Balaban J connectivity index is 1.90. The molecule has 0 amide bonds. The lowest BCUT2D eigenvalue weighted by molar-refractivity contribution is -0.138. The maximum absolute atomic E-state index is 13.7. The molecule has 3 rings (SSSR count). The number of benzene rings is 2. The van der Waals surface area contributed by atoms with Crippen LogP contribution in [0.3, 0.4) is 0 Å². The molecule has 5 nitrogen and oxygen atoms in total. The molecule has 0 unspecified atom stereocenters. The topological polar surface area (TPSA) is 65.7 Å². The minimum absolute atomic E-state index is 0.0205. The standard InChI is InChI=1S/C25H19F3O5/c1-14(2)23(29)31-17-7-5-16(6-8-17)21-11-12-22(33-21)19-10-9-18(32-24(30)15(3)4)13-20(19)25(26,27)28/h5-13H,1,3H2,2,4H3. The van der Waals surface area contributed by atoms with Crippen LogP contribution >= 0.6 is 0 Å². The highest BCUT2D eigenvalue weighted by atomic mass is 19.4. The second-order valence-electron chi connectivity index (χ2n) is 7.23. The number of rotatable bonds is 6. The van der Waals surface area contributed by atoms with Crippen LogP contribution in [0, 0.1) is 0 Å². The van der Waals surface area contributed by atoms with Crippen LogP contribution in [0.25, 0.3) is 22.6 Å². The summed E-state index contributed by atoms with van der Waals surface area (Å²) in [6, 6.07) is 12.4. The van der Waals surface area contributed by atoms with Crippen molar-refractivity contribution in [2.45, 2.75) is 20.0 Å². The second-order valence-corrected chi connectivity index (χ2v) is 7.23. The van der Waals surface area contributed by atoms with Crippen molar-refractivity contribution >= 4 is 11.9 Å². The maximum atomic E-state index is 13.7. The Bertz CT molecular complexity index is 1230. The van der Waals surface area contributed by atoms with Crippen molar-refractivity contribution in [2.75, 3.05) is 0 Å². The molecule has 0 bridgehead atoms. The van der Waals surface area contributed by atoms with Crippen molar-refractivity contribution in [2.24, 2.45) is 0 Å². The number of halogens is 3. The molecule has 1 aromatic heterocycles. The molecule has 0 atom stereocenters. The molecule has 0 N–H and O–H groups in total. The molecule has 0 aliphatic heterocycles. The van der Waals surface area contributed by atoms with Crippen molar-refractivity contribution in [1.29, 1.82) is 0 Å². The molecule has 170 valence electrons. The van der Waals surface area contributed by atoms with Crippen LogP contribution in [0.4, 0.5) is 13.2 Å². The number of ether oxygens (including phenoxy) is 2. The average Bonchev–Trinajstić information content (AvgIpc) is 3.23. The summed E-state index contributed by atoms with van der Waals surface area (Å²) in [5.41, 5.74) is -0.357. The molecule has 8 heteroatoms. The monoisotopic (exact) mass is 456 g/mol. The molecule has 0 spiro atoms. The number of esters is 2. The Kier molecular flexibility index (Phi) is 6.57. The van der Waals surface area contributed by atoms with Crippen molar-refractivity contribution in [3.8, 4) is 34.1 Å². The van der Waals surface area contributed by atoms with Crippen molar-refractivity contribution in [3.05, 3.63) is 84.5 Å². The zero-order chi connectivity index (χ0) is 24.3. The zero-order valence-electron chi connectivity index (χ0n) is 17.8. The van der Waals surface area contributed by atoms with Gasteiger partial charge in [0.15, 0.2) is 0 Å². The maximum Gasteiger partial charge on any atom is 0.417 e. The van der Waals surface area contributed by atoms with E-state index in [1.807, 2.05) is 0 Å². The van der Waals surface area contributed by atoms with Gasteiger partial charge >= 0.3 is 18.1 Å². The molecule has 0 radical (unpaired) electrons. The Hall–Kier alpha value is -4.07. The van der Waals surface area contributed by atoms with Crippen LogP contribution in [-0.2, 0) is 15.8 Å². The number of carbonyl (C=O) groups is 2. The molecule has 0 aliphatic rings. The molecule has 0 aliphatic carbocycles. The first-order valence-electron chi connectivity index (χ1n) is 9.63. The highest BCUT2D eigenvalue weighted by molar-refractivity contribution is 5.89. The first-order valence-corrected chi connectivity index (χ1v) is 9.63. The van der Waals surface area contributed by atoms with E-state index in [9.17, 15) is 22.8 Å².